The number of Topliss-reactive ketones (excluding diaryl/α,β-unsaturated/α-hetero) is 1. The summed E-state index contributed by atoms with van der Waals surface area (Å²) in [5, 5.41) is 9.41. The van der Waals surface area contributed by atoms with Crippen LogP contribution in [-0.2, 0) is 33.1 Å². The molecule has 3 aromatic rings. The minimum atomic E-state index is -3.84. The van der Waals surface area contributed by atoms with Crippen LogP contribution in [0.15, 0.2) is 41.7 Å². The van der Waals surface area contributed by atoms with Gasteiger partial charge in [-0.05, 0) is 13.0 Å². The lowest BCUT2D eigenvalue weighted by atomic mass is 10.1. The van der Waals surface area contributed by atoms with Gasteiger partial charge in [0.15, 0.2) is 11.6 Å². The van der Waals surface area contributed by atoms with Crippen molar-refractivity contribution in [3.8, 4) is 6.07 Å². The molecule has 3 rings (SSSR count). The molecule has 0 aliphatic heterocycles. The van der Waals surface area contributed by atoms with Crippen LogP contribution in [0.3, 0.4) is 0 Å². The Balaban J connectivity index is 1.55. The first-order valence-electron chi connectivity index (χ1n) is 9.86. The van der Waals surface area contributed by atoms with Crippen molar-refractivity contribution in [1.82, 2.24) is 18.8 Å². The van der Waals surface area contributed by atoms with E-state index in [1.807, 2.05) is 16.7 Å². The SMILES string of the molecule is Cc1nc(S(=O)(=O)NCCC(=O)OCC(=O)c2cn(CCC#N)c3ccccc23)cn1C. The third kappa shape index (κ3) is 5.22. The molecular weight excluding hydrogens is 434 g/mol. The summed E-state index contributed by atoms with van der Waals surface area (Å²) in [6.07, 6.45) is 3.10. The number of hydrogen-bond donors (Lipinski definition) is 1. The third-order valence-corrected chi connectivity index (χ3v) is 6.23. The number of rotatable bonds is 10. The fraction of sp³-hybridized carbons (Fsp3) is 0.333. The van der Waals surface area contributed by atoms with E-state index >= 15 is 0 Å². The van der Waals surface area contributed by atoms with E-state index in [2.05, 4.69) is 15.8 Å². The summed E-state index contributed by atoms with van der Waals surface area (Å²) >= 11 is 0. The Morgan fingerprint density at radius 2 is 2.00 bits per heavy atom. The molecule has 0 spiro atoms. The second-order valence-electron chi connectivity index (χ2n) is 7.13. The van der Waals surface area contributed by atoms with Crippen LogP contribution >= 0.6 is 0 Å². The van der Waals surface area contributed by atoms with E-state index in [1.165, 1.54) is 6.20 Å². The van der Waals surface area contributed by atoms with Gasteiger partial charge in [0, 0.05) is 49.0 Å². The van der Waals surface area contributed by atoms with Gasteiger partial charge in [-0.15, -0.1) is 0 Å². The molecule has 0 saturated carbocycles. The zero-order valence-electron chi connectivity index (χ0n) is 17.7. The van der Waals surface area contributed by atoms with E-state index in [9.17, 15) is 18.0 Å². The summed E-state index contributed by atoms with van der Waals surface area (Å²) in [6, 6.07) is 9.36. The van der Waals surface area contributed by atoms with Gasteiger partial charge in [-0.1, -0.05) is 18.2 Å². The fourth-order valence-electron chi connectivity index (χ4n) is 3.14. The largest absolute Gasteiger partial charge is 0.457 e. The molecule has 1 N–H and O–H groups in total. The van der Waals surface area contributed by atoms with Crippen LogP contribution in [0.5, 0.6) is 0 Å². The Labute approximate surface area is 185 Å². The number of nitrogens with zero attached hydrogens (tertiary/aromatic N) is 4. The highest BCUT2D eigenvalue weighted by atomic mass is 32.2. The van der Waals surface area contributed by atoms with Crippen LogP contribution in [0.2, 0.25) is 0 Å². The first kappa shape index (κ1) is 23.2. The number of ether oxygens (including phenoxy) is 1. The van der Waals surface area contributed by atoms with E-state index in [1.54, 1.807) is 36.9 Å². The molecule has 2 aromatic heterocycles. The van der Waals surface area contributed by atoms with Gasteiger partial charge >= 0.3 is 5.97 Å². The van der Waals surface area contributed by atoms with Crippen LogP contribution in [0, 0.1) is 18.3 Å². The summed E-state index contributed by atoms with van der Waals surface area (Å²) in [7, 11) is -2.17. The number of para-hydroxylation sites is 1. The molecule has 168 valence electrons. The van der Waals surface area contributed by atoms with Crippen LogP contribution in [0.1, 0.15) is 29.0 Å². The zero-order valence-corrected chi connectivity index (χ0v) is 18.6. The van der Waals surface area contributed by atoms with E-state index in [-0.39, 0.29) is 23.8 Å². The second kappa shape index (κ2) is 9.76. The summed E-state index contributed by atoms with van der Waals surface area (Å²) in [4.78, 5) is 28.6. The fourth-order valence-corrected chi connectivity index (χ4v) is 4.21. The molecule has 0 atom stereocenters. The molecule has 0 aliphatic carbocycles. The molecule has 0 bridgehead atoms. The number of aryl methyl sites for hydroxylation is 3. The summed E-state index contributed by atoms with van der Waals surface area (Å²) in [6.45, 7) is 1.48. The lowest BCUT2D eigenvalue weighted by Gasteiger charge is -2.05. The standard InChI is InChI=1S/C21H23N5O5S/c1-15-24-20(13-25(15)2)32(29,30)23-10-8-21(28)31-14-19(27)17-12-26(11-5-9-22)18-7-4-3-6-16(17)18/h3-4,6-7,12-13,23H,5,8,10-11,14H2,1-2H3. The average molecular weight is 458 g/mol. The summed E-state index contributed by atoms with van der Waals surface area (Å²) in [5.74, 6) is -0.543. The van der Waals surface area contributed by atoms with Crippen molar-refractivity contribution in [2.24, 2.45) is 7.05 Å². The minimum Gasteiger partial charge on any atom is -0.457 e. The van der Waals surface area contributed by atoms with Gasteiger partial charge in [0.1, 0.15) is 5.82 Å². The van der Waals surface area contributed by atoms with Crippen molar-refractivity contribution in [1.29, 1.82) is 5.26 Å². The lowest BCUT2D eigenvalue weighted by molar-refractivity contribution is -0.142. The number of benzene rings is 1. The van der Waals surface area contributed by atoms with Crippen LogP contribution in [0.25, 0.3) is 10.9 Å². The normalized spacial score (nSPS) is 11.4. The van der Waals surface area contributed by atoms with Gasteiger partial charge in [-0.3, -0.25) is 9.59 Å². The topological polar surface area (TPSA) is 136 Å². The number of esters is 1. The van der Waals surface area contributed by atoms with E-state index in [0.29, 0.717) is 29.7 Å². The van der Waals surface area contributed by atoms with Gasteiger partial charge < -0.3 is 13.9 Å². The number of carbonyl (C=O) groups excluding carboxylic acids is 2. The molecule has 0 radical (unpaired) electrons. The minimum absolute atomic E-state index is 0.131. The van der Waals surface area contributed by atoms with E-state index in [0.717, 1.165) is 5.52 Å². The Kier molecular flexibility index (Phi) is 7.07. The Morgan fingerprint density at radius 3 is 2.69 bits per heavy atom. The predicted molar refractivity (Wildman–Crippen MR) is 115 cm³/mol. The first-order valence-corrected chi connectivity index (χ1v) is 11.3. The van der Waals surface area contributed by atoms with Gasteiger partial charge in [0.05, 0.1) is 18.9 Å². The van der Waals surface area contributed by atoms with Gasteiger partial charge in [-0.2, -0.15) is 5.26 Å². The zero-order chi connectivity index (χ0) is 23.3. The highest BCUT2D eigenvalue weighted by molar-refractivity contribution is 7.89. The quantitative estimate of drug-likeness (QED) is 0.361. The summed E-state index contributed by atoms with van der Waals surface area (Å²) < 4.78 is 35.2. The smallest absolute Gasteiger partial charge is 0.307 e. The molecule has 2 heterocycles. The number of nitrogens with one attached hydrogen (secondary N) is 1. The number of carbonyl (C=O) groups is 2. The lowest BCUT2D eigenvalue weighted by Crippen LogP contribution is -2.27. The van der Waals surface area contributed by atoms with Crippen LogP contribution < -0.4 is 4.72 Å². The molecule has 0 aliphatic rings. The van der Waals surface area contributed by atoms with Crippen molar-refractivity contribution in [2.45, 2.75) is 31.3 Å². The molecule has 0 saturated heterocycles. The van der Waals surface area contributed by atoms with Gasteiger partial charge in [-0.25, -0.2) is 18.1 Å². The van der Waals surface area contributed by atoms with Crippen molar-refractivity contribution < 1.29 is 22.7 Å². The molecule has 0 fully saturated rings. The number of imidazole rings is 1. The molecule has 0 amide bonds. The maximum atomic E-state index is 12.6. The van der Waals surface area contributed by atoms with Crippen LogP contribution in [0.4, 0.5) is 0 Å². The van der Waals surface area contributed by atoms with E-state index in [4.69, 9.17) is 10.00 Å². The number of sulfonamides is 1. The maximum Gasteiger partial charge on any atom is 0.307 e. The molecular formula is C21H23N5O5S. The number of hydrogen-bond acceptors (Lipinski definition) is 7. The molecule has 10 nitrogen and oxygen atoms in total. The average Bonchev–Trinajstić information content (AvgIpc) is 3.31. The molecule has 1 aromatic carbocycles. The maximum absolute atomic E-state index is 12.6. The van der Waals surface area contributed by atoms with Crippen molar-refractivity contribution in [3.05, 3.63) is 48.0 Å². The number of ketones is 1. The highest BCUT2D eigenvalue weighted by Crippen LogP contribution is 2.22. The van der Waals surface area contributed by atoms with Gasteiger partial charge in [0.2, 0.25) is 5.78 Å². The van der Waals surface area contributed by atoms with Crippen molar-refractivity contribution >= 4 is 32.7 Å². The predicted octanol–water partition coefficient (Wildman–Crippen LogP) is 1.69. The molecule has 32 heavy (non-hydrogen) atoms. The number of fused-ring (bicyclic) bond motifs is 1. The Hall–Kier alpha value is -3.49. The van der Waals surface area contributed by atoms with Crippen LogP contribution in [-0.4, -0.2) is 47.4 Å². The Morgan fingerprint density at radius 1 is 1.25 bits per heavy atom. The molecule has 0 unspecified atom stereocenters. The Bertz CT molecular complexity index is 1280. The summed E-state index contributed by atoms with van der Waals surface area (Å²) in [5.41, 5.74) is 1.22. The number of nitriles is 1. The molecule has 11 heteroatoms. The second-order valence-corrected chi connectivity index (χ2v) is 8.84. The van der Waals surface area contributed by atoms with Crippen molar-refractivity contribution in [2.75, 3.05) is 13.2 Å². The number of aromatic nitrogens is 3. The monoisotopic (exact) mass is 457 g/mol. The van der Waals surface area contributed by atoms with E-state index < -0.39 is 22.6 Å². The highest BCUT2D eigenvalue weighted by Gasteiger charge is 2.20. The first-order chi connectivity index (χ1) is 15.2. The van der Waals surface area contributed by atoms with Gasteiger partial charge in [0.25, 0.3) is 10.0 Å². The van der Waals surface area contributed by atoms with Crippen molar-refractivity contribution in [3.63, 3.8) is 0 Å². The third-order valence-electron chi connectivity index (χ3n) is 4.90.